The van der Waals surface area contributed by atoms with Crippen LogP contribution in [-0.2, 0) is 13.2 Å². The van der Waals surface area contributed by atoms with Crippen molar-refractivity contribution < 1.29 is 22.4 Å². The number of halogens is 4. The van der Waals surface area contributed by atoms with E-state index in [9.17, 15) is 27.6 Å². The predicted octanol–water partition coefficient (Wildman–Crippen LogP) is 5.48. The summed E-state index contributed by atoms with van der Waals surface area (Å²) in [4.78, 5) is 12.5. The quantitative estimate of drug-likeness (QED) is 0.332. The highest BCUT2D eigenvalue weighted by atomic mass is 19.4. The fourth-order valence-electron chi connectivity index (χ4n) is 2.84. The zero-order valence-corrected chi connectivity index (χ0v) is 15.2. The number of carbonyl (C=O) groups excluding carboxylic acids is 1. The molecule has 0 amide bonds. The summed E-state index contributed by atoms with van der Waals surface area (Å²) in [6.45, 7) is 0. The molecule has 7 heteroatoms. The van der Waals surface area contributed by atoms with E-state index in [1.807, 2.05) is 6.07 Å². The van der Waals surface area contributed by atoms with Crippen molar-refractivity contribution in [2.24, 2.45) is 7.05 Å². The highest BCUT2D eigenvalue weighted by Gasteiger charge is 2.30. The average molecular weight is 398 g/mol. The van der Waals surface area contributed by atoms with Gasteiger partial charge in [-0.25, -0.2) is 4.39 Å². The molecule has 0 saturated carbocycles. The van der Waals surface area contributed by atoms with Crippen molar-refractivity contribution in [2.75, 3.05) is 0 Å². The van der Waals surface area contributed by atoms with Crippen molar-refractivity contribution >= 4 is 17.4 Å². The first-order valence-corrected chi connectivity index (χ1v) is 8.45. The van der Waals surface area contributed by atoms with E-state index in [4.69, 9.17) is 0 Å². The summed E-state index contributed by atoms with van der Waals surface area (Å²) in [6.07, 6.45) is -1.67. The Morgan fingerprint density at radius 1 is 1.07 bits per heavy atom. The summed E-state index contributed by atoms with van der Waals surface area (Å²) in [7, 11) is 1.62. The molecule has 3 rings (SSSR count). The van der Waals surface area contributed by atoms with Gasteiger partial charge in [-0.15, -0.1) is 0 Å². The number of rotatable bonds is 4. The van der Waals surface area contributed by atoms with Crippen molar-refractivity contribution in [3.05, 3.63) is 94.6 Å². The SMILES string of the molecule is Cn1cc(C(=O)c2ccccc2F)cc1/C=C(/C#N)c1cccc(C(F)(F)F)c1. The molecular weight excluding hydrogens is 384 g/mol. The largest absolute Gasteiger partial charge is 0.416 e. The van der Waals surface area contributed by atoms with E-state index in [-0.39, 0.29) is 22.3 Å². The van der Waals surface area contributed by atoms with E-state index in [2.05, 4.69) is 0 Å². The molecular formula is C22H14F4N2O. The molecule has 3 aromatic rings. The van der Waals surface area contributed by atoms with Gasteiger partial charge < -0.3 is 4.57 Å². The minimum Gasteiger partial charge on any atom is -0.350 e. The zero-order valence-electron chi connectivity index (χ0n) is 15.2. The minimum absolute atomic E-state index is 0.00203. The van der Waals surface area contributed by atoms with Crippen LogP contribution in [0.5, 0.6) is 0 Å². The Hall–Kier alpha value is -3.66. The lowest BCUT2D eigenvalue weighted by Gasteiger charge is -2.08. The van der Waals surface area contributed by atoms with Gasteiger partial charge in [0.05, 0.1) is 22.8 Å². The van der Waals surface area contributed by atoms with Gasteiger partial charge in [0.2, 0.25) is 0 Å². The van der Waals surface area contributed by atoms with Crippen molar-refractivity contribution in [1.29, 1.82) is 5.26 Å². The second kappa shape index (κ2) is 7.76. The Kier molecular flexibility index (Phi) is 5.37. The molecule has 0 saturated heterocycles. The fraction of sp³-hybridized carbons (Fsp3) is 0.0909. The Balaban J connectivity index is 1.99. The van der Waals surface area contributed by atoms with E-state index in [1.54, 1.807) is 17.7 Å². The molecule has 1 heterocycles. The predicted molar refractivity (Wildman–Crippen MR) is 100 cm³/mol. The van der Waals surface area contributed by atoms with Crippen LogP contribution >= 0.6 is 0 Å². The third-order valence-corrected chi connectivity index (χ3v) is 4.34. The third kappa shape index (κ3) is 4.27. The fourth-order valence-corrected chi connectivity index (χ4v) is 2.84. The second-order valence-electron chi connectivity index (χ2n) is 6.32. The van der Waals surface area contributed by atoms with Gasteiger partial charge >= 0.3 is 6.18 Å². The molecule has 0 aliphatic heterocycles. The Morgan fingerprint density at radius 3 is 2.45 bits per heavy atom. The molecule has 0 bridgehead atoms. The smallest absolute Gasteiger partial charge is 0.350 e. The average Bonchev–Trinajstić information content (AvgIpc) is 3.06. The van der Waals surface area contributed by atoms with E-state index in [0.717, 1.165) is 12.1 Å². The number of hydrogen-bond acceptors (Lipinski definition) is 2. The highest BCUT2D eigenvalue weighted by molar-refractivity contribution is 6.09. The summed E-state index contributed by atoms with van der Waals surface area (Å²) < 4.78 is 54.2. The number of ketones is 1. The summed E-state index contributed by atoms with van der Waals surface area (Å²) in [5.74, 6) is -1.18. The maximum Gasteiger partial charge on any atom is 0.416 e. The summed E-state index contributed by atoms with van der Waals surface area (Å²) in [6, 6.07) is 13.3. The Morgan fingerprint density at radius 2 is 1.79 bits per heavy atom. The number of carbonyl (C=O) groups is 1. The first kappa shape index (κ1) is 20.1. The molecule has 1 aromatic heterocycles. The highest BCUT2D eigenvalue weighted by Crippen LogP contribution is 2.31. The number of hydrogen-bond donors (Lipinski definition) is 0. The second-order valence-corrected chi connectivity index (χ2v) is 6.32. The number of benzene rings is 2. The molecule has 0 unspecified atom stereocenters. The van der Waals surface area contributed by atoms with Crippen molar-refractivity contribution in [3.63, 3.8) is 0 Å². The maximum atomic E-state index is 13.9. The lowest BCUT2D eigenvalue weighted by atomic mass is 10.0. The van der Waals surface area contributed by atoms with Gasteiger partial charge in [0.25, 0.3) is 0 Å². The van der Waals surface area contributed by atoms with E-state index in [0.29, 0.717) is 5.69 Å². The van der Waals surface area contributed by atoms with E-state index < -0.39 is 23.3 Å². The first-order chi connectivity index (χ1) is 13.7. The van der Waals surface area contributed by atoms with Crippen LogP contribution in [0.2, 0.25) is 0 Å². The minimum atomic E-state index is -4.53. The summed E-state index contributed by atoms with van der Waals surface area (Å²) in [5.41, 5.74) is -0.234. The van der Waals surface area contributed by atoms with Crippen LogP contribution < -0.4 is 0 Å². The lowest BCUT2D eigenvalue weighted by Crippen LogP contribution is -2.05. The normalized spacial score (nSPS) is 11.9. The van der Waals surface area contributed by atoms with Crippen molar-refractivity contribution in [3.8, 4) is 6.07 Å². The molecule has 2 aromatic carbocycles. The zero-order chi connectivity index (χ0) is 21.2. The Labute approximate surface area is 164 Å². The monoisotopic (exact) mass is 398 g/mol. The van der Waals surface area contributed by atoms with Crippen LogP contribution in [0.1, 0.15) is 32.7 Å². The van der Waals surface area contributed by atoms with Crippen LogP contribution in [0, 0.1) is 17.1 Å². The van der Waals surface area contributed by atoms with Gasteiger partial charge in [-0.1, -0.05) is 24.3 Å². The van der Waals surface area contributed by atoms with Gasteiger partial charge in [0.1, 0.15) is 5.82 Å². The van der Waals surface area contributed by atoms with Crippen molar-refractivity contribution in [1.82, 2.24) is 4.57 Å². The van der Waals surface area contributed by atoms with E-state index in [1.165, 1.54) is 48.7 Å². The van der Waals surface area contributed by atoms with Gasteiger partial charge in [0, 0.05) is 24.5 Å². The summed E-state index contributed by atoms with van der Waals surface area (Å²) >= 11 is 0. The van der Waals surface area contributed by atoms with Crippen LogP contribution in [-0.4, -0.2) is 10.4 Å². The number of nitriles is 1. The molecule has 0 N–H and O–H groups in total. The van der Waals surface area contributed by atoms with Gasteiger partial charge in [-0.2, -0.15) is 18.4 Å². The molecule has 0 aliphatic rings. The number of allylic oxidation sites excluding steroid dienone is 1. The molecule has 29 heavy (non-hydrogen) atoms. The Bertz CT molecular complexity index is 1150. The topological polar surface area (TPSA) is 45.8 Å². The van der Waals surface area contributed by atoms with Crippen LogP contribution in [0.3, 0.4) is 0 Å². The van der Waals surface area contributed by atoms with Crippen molar-refractivity contribution in [2.45, 2.75) is 6.18 Å². The van der Waals surface area contributed by atoms with Gasteiger partial charge in [0.15, 0.2) is 5.78 Å². The molecule has 0 fully saturated rings. The third-order valence-electron chi connectivity index (χ3n) is 4.34. The maximum absolute atomic E-state index is 13.9. The molecule has 0 aliphatic carbocycles. The number of nitrogens with zero attached hydrogens (tertiary/aromatic N) is 2. The standard InChI is InChI=1S/C22H14F4N2O/c1-28-13-16(21(29)19-7-2-3-8-20(19)23)11-18(28)10-15(12-27)14-5-4-6-17(9-14)22(24,25)26/h2-11,13H,1H3/b15-10-. The number of alkyl halides is 3. The molecule has 146 valence electrons. The molecule has 0 radical (unpaired) electrons. The van der Waals surface area contributed by atoms with Gasteiger partial charge in [-0.3, -0.25) is 4.79 Å². The summed E-state index contributed by atoms with van der Waals surface area (Å²) in [5, 5.41) is 9.43. The first-order valence-electron chi connectivity index (χ1n) is 8.45. The lowest BCUT2D eigenvalue weighted by molar-refractivity contribution is -0.137. The van der Waals surface area contributed by atoms with Crippen LogP contribution in [0.15, 0.2) is 60.8 Å². The van der Waals surface area contributed by atoms with E-state index >= 15 is 0 Å². The number of aryl methyl sites for hydroxylation is 1. The van der Waals surface area contributed by atoms with Crippen LogP contribution in [0.4, 0.5) is 17.6 Å². The molecule has 0 spiro atoms. The van der Waals surface area contributed by atoms with Gasteiger partial charge in [-0.05, 0) is 42.0 Å². The molecule has 0 atom stereocenters. The van der Waals surface area contributed by atoms with Crippen LogP contribution in [0.25, 0.3) is 11.6 Å². The molecule has 3 nitrogen and oxygen atoms in total. The number of aromatic nitrogens is 1.